The van der Waals surface area contributed by atoms with Crippen LogP contribution in [0.2, 0.25) is 0 Å². The Hall–Kier alpha value is -3.16. The molecule has 0 atom stereocenters. The summed E-state index contributed by atoms with van der Waals surface area (Å²) in [5, 5.41) is 17.3. The second-order valence-corrected chi connectivity index (χ2v) is 5.91. The average molecular weight is 350 g/mol. The Morgan fingerprint density at radius 3 is 2.20 bits per heavy atom. The normalized spacial score (nSPS) is 11.1. The number of esters is 2. The monoisotopic (exact) mass is 350 g/mol. The molecule has 0 aromatic heterocycles. The largest absolute Gasteiger partial charge is 0.478 e. The number of hydrogen-bond acceptors (Lipinski definition) is 6. The molecule has 0 aliphatic heterocycles. The molecule has 0 aliphatic carbocycles. The average Bonchev–Trinajstić information content (AvgIpc) is 2.56. The highest BCUT2D eigenvalue weighted by Gasteiger charge is 2.23. The smallest absolute Gasteiger partial charge is 0.338 e. The van der Waals surface area contributed by atoms with Crippen LogP contribution in [0.3, 0.4) is 0 Å². The number of carbonyl (C=O) groups is 4. The lowest BCUT2D eigenvalue weighted by Gasteiger charge is -2.23. The zero-order chi connectivity index (χ0) is 19.0. The number of hydrogen-bond donors (Lipinski definition) is 2. The number of aromatic carboxylic acids is 1. The minimum atomic E-state index is -1.27. The number of benzene rings is 1. The molecule has 0 amide bonds. The summed E-state index contributed by atoms with van der Waals surface area (Å²) < 4.78 is 10.0. The second-order valence-electron chi connectivity index (χ2n) is 5.91. The van der Waals surface area contributed by atoms with Gasteiger partial charge in [0.25, 0.3) is 0 Å². The number of carboxylic acids is 2. The van der Waals surface area contributed by atoms with Crippen molar-refractivity contribution in [2.75, 3.05) is 13.2 Å². The summed E-state index contributed by atoms with van der Waals surface area (Å²) in [7, 11) is 0. The predicted molar refractivity (Wildman–Crippen MR) is 85.2 cm³/mol. The molecule has 0 aliphatic rings. The zero-order valence-corrected chi connectivity index (χ0v) is 13.7. The van der Waals surface area contributed by atoms with Gasteiger partial charge in [-0.1, -0.05) is 19.9 Å². The van der Waals surface area contributed by atoms with Crippen molar-refractivity contribution in [1.82, 2.24) is 0 Å². The van der Waals surface area contributed by atoms with E-state index in [4.69, 9.17) is 19.7 Å². The molecule has 134 valence electrons. The van der Waals surface area contributed by atoms with Crippen LogP contribution in [0.15, 0.2) is 36.4 Å². The number of aliphatic carboxylic acids is 1. The fourth-order valence-electron chi connectivity index (χ4n) is 1.62. The van der Waals surface area contributed by atoms with E-state index < -0.39 is 29.3 Å². The van der Waals surface area contributed by atoms with Gasteiger partial charge in [0.2, 0.25) is 0 Å². The van der Waals surface area contributed by atoms with Crippen molar-refractivity contribution in [1.29, 1.82) is 0 Å². The standard InChI is InChI=1S/C17H18O8/c1-17(2,9-24-14(20)7-6-13(18)19)10-25-16(23)12-5-3-4-11(8-12)15(21)22/h3-8H,9-10H2,1-2H3,(H,18,19)(H,21,22)/b7-6+. The van der Waals surface area contributed by atoms with Crippen molar-refractivity contribution >= 4 is 23.9 Å². The van der Waals surface area contributed by atoms with Gasteiger partial charge in [-0.3, -0.25) is 0 Å². The van der Waals surface area contributed by atoms with Gasteiger partial charge < -0.3 is 19.7 Å². The van der Waals surface area contributed by atoms with Crippen molar-refractivity contribution in [2.45, 2.75) is 13.8 Å². The Bertz CT molecular complexity index is 702. The van der Waals surface area contributed by atoms with Crippen molar-refractivity contribution in [2.24, 2.45) is 5.41 Å². The molecule has 0 unspecified atom stereocenters. The topological polar surface area (TPSA) is 127 Å². The van der Waals surface area contributed by atoms with Gasteiger partial charge in [0.15, 0.2) is 0 Å². The maximum absolute atomic E-state index is 12.0. The molecule has 1 rings (SSSR count). The van der Waals surface area contributed by atoms with Gasteiger partial charge in [-0.25, -0.2) is 19.2 Å². The molecule has 8 heteroatoms. The molecular formula is C17H18O8. The molecule has 0 bridgehead atoms. The van der Waals surface area contributed by atoms with Gasteiger partial charge in [0.1, 0.15) is 0 Å². The maximum Gasteiger partial charge on any atom is 0.338 e. The highest BCUT2D eigenvalue weighted by Crippen LogP contribution is 2.17. The predicted octanol–water partition coefficient (Wildman–Crippen LogP) is 1.75. The molecule has 0 saturated carbocycles. The van der Waals surface area contributed by atoms with Crippen molar-refractivity contribution < 1.29 is 38.9 Å². The summed E-state index contributed by atoms with van der Waals surface area (Å²) in [4.78, 5) is 44.5. The lowest BCUT2D eigenvalue weighted by Crippen LogP contribution is -2.28. The highest BCUT2D eigenvalue weighted by atomic mass is 16.5. The van der Waals surface area contributed by atoms with Gasteiger partial charge in [-0.05, 0) is 18.2 Å². The van der Waals surface area contributed by atoms with Crippen molar-refractivity contribution in [3.8, 4) is 0 Å². The first-order valence-corrected chi connectivity index (χ1v) is 7.19. The summed E-state index contributed by atoms with van der Waals surface area (Å²) >= 11 is 0. The summed E-state index contributed by atoms with van der Waals surface area (Å²) in [5.74, 6) is -3.95. The first kappa shape index (κ1) is 19.9. The molecule has 1 aromatic rings. The van der Waals surface area contributed by atoms with E-state index in [9.17, 15) is 19.2 Å². The van der Waals surface area contributed by atoms with E-state index in [1.807, 2.05) is 0 Å². The van der Waals surface area contributed by atoms with Crippen LogP contribution >= 0.6 is 0 Å². The fourth-order valence-corrected chi connectivity index (χ4v) is 1.62. The number of carbonyl (C=O) groups excluding carboxylic acids is 2. The van der Waals surface area contributed by atoms with Gasteiger partial charge >= 0.3 is 23.9 Å². The van der Waals surface area contributed by atoms with E-state index in [0.717, 1.165) is 6.08 Å². The molecule has 0 radical (unpaired) electrons. The molecule has 0 fully saturated rings. The van der Waals surface area contributed by atoms with Gasteiger partial charge in [0, 0.05) is 17.6 Å². The number of carboxylic acid groups (broad SMARTS) is 2. The third kappa shape index (κ3) is 7.30. The number of rotatable bonds is 8. The van der Waals surface area contributed by atoms with E-state index >= 15 is 0 Å². The number of ether oxygens (including phenoxy) is 2. The molecule has 2 N–H and O–H groups in total. The van der Waals surface area contributed by atoms with Crippen LogP contribution in [-0.2, 0) is 19.1 Å². The third-order valence-corrected chi connectivity index (χ3v) is 2.91. The Labute approximate surface area is 143 Å². The Morgan fingerprint density at radius 1 is 1.00 bits per heavy atom. The van der Waals surface area contributed by atoms with Crippen LogP contribution in [-0.4, -0.2) is 47.3 Å². The molecule has 8 nitrogen and oxygen atoms in total. The molecular weight excluding hydrogens is 332 g/mol. The van der Waals surface area contributed by atoms with E-state index in [-0.39, 0.29) is 24.3 Å². The fraction of sp³-hybridized carbons (Fsp3) is 0.294. The van der Waals surface area contributed by atoms with E-state index in [1.165, 1.54) is 24.3 Å². The van der Waals surface area contributed by atoms with Crippen molar-refractivity contribution in [3.63, 3.8) is 0 Å². The first-order valence-electron chi connectivity index (χ1n) is 7.19. The maximum atomic E-state index is 12.0. The summed E-state index contributed by atoms with van der Waals surface area (Å²) in [6, 6.07) is 5.42. The van der Waals surface area contributed by atoms with Crippen LogP contribution in [0, 0.1) is 5.41 Å². The van der Waals surface area contributed by atoms with Gasteiger partial charge in [-0.15, -0.1) is 0 Å². The highest BCUT2D eigenvalue weighted by molar-refractivity contribution is 5.94. The van der Waals surface area contributed by atoms with Crippen LogP contribution in [0.1, 0.15) is 34.6 Å². The van der Waals surface area contributed by atoms with Crippen LogP contribution in [0.5, 0.6) is 0 Å². The summed E-state index contributed by atoms with van der Waals surface area (Å²) in [5.41, 5.74) is -0.655. The molecule has 1 aromatic carbocycles. The van der Waals surface area contributed by atoms with Gasteiger partial charge in [0.05, 0.1) is 24.3 Å². The van der Waals surface area contributed by atoms with Crippen LogP contribution in [0.4, 0.5) is 0 Å². The summed E-state index contributed by atoms with van der Waals surface area (Å²) in [6.45, 7) is 3.18. The quantitative estimate of drug-likeness (QED) is 0.536. The second kappa shape index (κ2) is 8.62. The molecule has 0 heterocycles. The van der Waals surface area contributed by atoms with Crippen LogP contribution in [0.25, 0.3) is 0 Å². The zero-order valence-electron chi connectivity index (χ0n) is 13.7. The molecule has 0 spiro atoms. The summed E-state index contributed by atoms with van der Waals surface area (Å²) in [6.07, 6.45) is 1.44. The lowest BCUT2D eigenvalue weighted by atomic mass is 9.96. The lowest BCUT2D eigenvalue weighted by molar-refractivity contribution is -0.142. The molecule has 25 heavy (non-hydrogen) atoms. The molecule has 0 saturated heterocycles. The first-order chi connectivity index (χ1) is 11.6. The Morgan fingerprint density at radius 2 is 1.60 bits per heavy atom. The van der Waals surface area contributed by atoms with E-state index in [0.29, 0.717) is 6.08 Å². The van der Waals surface area contributed by atoms with E-state index in [2.05, 4.69) is 0 Å². The minimum absolute atomic E-state index is 0.0344. The third-order valence-electron chi connectivity index (χ3n) is 2.91. The Balaban J connectivity index is 2.56. The Kier molecular flexibility index (Phi) is 6.86. The van der Waals surface area contributed by atoms with Gasteiger partial charge in [-0.2, -0.15) is 0 Å². The minimum Gasteiger partial charge on any atom is -0.478 e. The van der Waals surface area contributed by atoms with Crippen LogP contribution < -0.4 is 0 Å². The van der Waals surface area contributed by atoms with E-state index in [1.54, 1.807) is 13.8 Å². The SMILES string of the molecule is CC(C)(COC(=O)/C=C/C(=O)O)COC(=O)c1cccc(C(=O)O)c1. The van der Waals surface area contributed by atoms with Crippen molar-refractivity contribution in [3.05, 3.63) is 47.5 Å².